The van der Waals surface area contributed by atoms with Crippen molar-refractivity contribution in [2.75, 3.05) is 24.8 Å². The number of anilines is 1. The highest BCUT2D eigenvalue weighted by Gasteiger charge is 2.54. The lowest BCUT2D eigenvalue weighted by atomic mass is 9.79. The average molecular weight is 613 g/mol. The number of benzene rings is 1. The first-order valence-corrected chi connectivity index (χ1v) is 20.3. The van der Waals surface area contributed by atoms with Crippen molar-refractivity contribution >= 4 is 37.5 Å². The van der Waals surface area contributed by atoms with Crippen molar-refractivity contribution in [2.45, 2.75) is 102 Å². The second-order valence-corrected chi connectivity index (χ2v) is 20.4. The Morgan fingerprint density at radius 1 is 1.02 bits per heavy atom. The molecule has 0 N–H and O–H groups in total. The second-order valence-electron chi connectivity index (χ2n) is 14.8. The standard InChI is InChI=1S/C36H48N4O3Si/c1-26(2)31-33(41)40(36(38-31)16-8-6-7-9-17-36)19-11-12-27-14-15-28-23-35(24-29(28)22-27)30-13-10-18-37-32(30)39(34(35)42)25-43-20-21-44(3,4)5/h10-15,18,22,26H,6-9,16-17,19-21,23-25H2,1-5H3/b12-11+. The summed E-state index contributed by atoms with van der Waals surface area (Å²) in [5.41, 5.74) is 4.25. The van der Waals surface area contributed by atoms with Crippen molar-refractivity contribution in [1.29, 1.82) is 0 Å². The number of hydrogen-bond acceptors (Lipinski definition) is 5. The van der Waals surface area contributed by atoms with Crippen LogP contribution in [0, 0.1) is 5.92 Å². The van der Waals surface area contributed by atoms with E-state index in [1.807, 2.05) is 11.0 Å². The van der Waals surface area contributed by atoms with Crippen LogP contribution in [0.5, 0.6) is 0 Å². The van der Waals surface area contributed by atoms with Gasteiger partial charge in [-0.2, -0.15) is 0 Å². The minimum absolute atomic E-state index is 0.0923. The number of fused-ring (bicyclic) bond motifs is 3. The normalized spacial score (nSPS) is 22.9. The maximum atomic E-state index is 14.1. The van der Waals surface area contributed by atoms with Gasteiger partial charge in [0.05, 0.1) is 5.41 Å². The number of hydrogen-bond donors (Lipinski definition) is 0. The van der Waals surface area contributed by atoms with Crippen molar-refractivity contribution in [3.8, 4) is 0 Å². The van der Waals surface area contributed by atoms with Gasteiger partial charge in [0, 0.05) is 38.9 Å². The Bertz CT molecular complexity index is 1480. The van der Waals surface area contributed by atoms with Crippen molar-refractivity contribution in [3.63, 3.8) is 0 Å². The van der Waals surface area contributed by atoms with Crippen LogP contribution < -0.4 is 4.90 Å². The van der Waals surface area contributed by atoms with E-state index >= 15 is 0 Å². The molecule has 0 saturated heterocycles. The predicted octanol–water partition coefficient (Wildman–Crippen LogP) is 6.78. The number of aliphatic imine (C=N–C) groups is 1. The molecule has 4 aliphatic rings. The highest BCUT2D eigenvalue weighted by Crippen LogP contribution is 2.49. The summed E-state index contributed by atoms with van der Waals surface area (Å²) in [7, 11) is -1.22. The Labute approximate surface area is 263 Å². The SMILES string of the molecule is CC(C)C1=NC2(CCCCCC2)N(C/C=C/c2ccc3c(c2)CC2(C3)C(=O)N(COCC[Si](C)(C)C)c3ncccc32)C1=O. The molecule has 1 atom stereocenters. The molecule has 1 unspecified atom stereocenters. The first-order valence-electron chi connectivity index (χ1n) is 16.6. The molecule has 0 radical (unpaired) electrons. The number of carbonyl (C=O) groups is 2. The highest BCUT2D eigenvalue weighted by atomic mass is 28.3. The van der Waals surface area contributed by atoms with Crippen LogP contribution in [0.4, 0.5) is 5.82 Å². The minimum Gasteiger partial charge on any atom is -0.361 e. The number of amides is 2. The van der Waals surface area contributed by atoms with Crippen LogP contribution in [-0.4, -0.2) is 61.0 Å². The summed E-state index contributed by atoms with van der Waals surface area (Å²) >= 11 is 0. The molecule has 2 aliphatic carbocycles. The quantitative estimate of drug-likeness (QED) is 0.231. The Morgan fingerprint density at radius 3 is 2.50 bits per heavy atom. The Hall–Kier alpha value is -3.10. The van der Waals surface area contributed by atoms with Crippen LogP contribution in [0.2, 0.25) is 25.7 Å². The topological polar surface area (TPSA) is 75.1 Å². The summed E-state index contributed by atoms with van der Waals surface area (Å²) in [5.74, 6) is 1.06. The van der Waals surface area contributed by atoms with E-state index in [9.17, 15) is 9.59 Å². The van der Waals surface area contributed by atoms with Gasteiger partial charge in [-0.05, 0) is 67.3 Å². The summed E-state index contributed by atoms with van der Waals surface area (Å²) in [4.78, 5) is 41.1. The summed E-state index contributed by atoms with van der Waals surface area (Å²) in [6.07, 6.45) is 13.9. The van der Waals surface area contributed by atoms with Gasteiger partial charge in [-0.25, -0.2) is 4.98 Å². The molecule has 6 rings (SSSR count). The van der Waals surface area contributed by atoms with Gasteiger partial charge in [-0.15, -0.1) is 0 Å². The molecular weight excluding hydrogens is 565 g/mol. The van der Waals surface area contributed by atoms with Crippen molar-refractivity contribution in [3.05, 3.63) is 64.9 Å². The van der Waals surface area contributed by atoms with Crippen LogP contribution in [-0.2, 0) is 32.6 Å². The van der Waals surface area contributed by atoms with Crippen LogP contribution in [0.25, 0.3) is 6.08 Å². The largest absolute Gasteiger partial charge is 0.361 e. The van der Waals surface area contributed by atoms with Gasteiger partial charge in [0.15, 0.2) is 0 Å². The monoisotopic (exact) mass is 612 g/mol. The van der Waals surface area contributed by atoms with E-state index in [1.165, 1.54) is 24.0 Å². The van der Waals surface area contributed by atoms with Crippen LogP contribution in [0.3, 0.4) is 0 Å². The molecule has 1 aromatic heterocycles. The molecule has 1 fully saturated rings. The predicted molar refractivity (Wildman–Crippen MR) is 180 cm³/mol. The average Bonchev–Trinajstić information content (AvgIpc) is 3.48. The van der Waals surface area contributed by atoms with E-state index in [0.717, 1.165) is 54.4 Å². The van der Waals surface area contributed by atoms with E-state index in [2.05, 4.69) is 74.9 Å². The van der Waals surface area contributed by atoms with E-state index in [0.29, 0.717) is 26.0 Å². The number of aromatic nitrogens is 1. The number of ether oxygens (including phenoxy) is 1. The fraction of sp³-hybridized carbons (Fsp3) is 0.556. The first-order chi connectivity index (χ1) is 21.0. The summed E-state index contributed by atoms with van der Waals surface area (Å²) in [6, 6.07) is 11.6. The fourth-order valence-corrected chi connectivity index (χ4v) is 8.27. The molecule has 1 aromatic carbocycles. The molecule has 234 valence electrons. The molecule has 0 bridgehead atoms. The van der Waals surface area contributed by atoms with E-state index in [-0.39, 0.29) is 30.1 Å². The maximum absolute atomic E-state index is 14.1. The molecule has 8 heteroatoms. The zero-order valence-electron chi connectivity index (χ0n) is 27.2. The number of pyridine rings is 1. The highest BCUT2D eigenvalue weighted by molar-refractivity contribution is 6.76. The molecule has 3 heterocycles. The lowest BCUT2D eigenvalue weighted by Crippen LogP contribution is -2.46. The zero-order chi connectivity index (χ0) is 31.1. The lowest BCUT2D eigenvalue weighted by Gasteiger charge is -2.35. The third-order valence-corrected chi connectivity index (χ3v) is 11.7. The molecule has 2 aliphatic heterocycles. The van der Waals surface area contributed by atoms with Crippen molar-refractivity contribution in [2.24, 2.45) is 10.9 Å². The maximum Gasteiger partial charge on any atom is 0.270 e. The van der Waals surface area contributed by atoms with Gasteiger partial charge in [0.2, 0.25) is 5.91 Å². The third-order valence-electron chi connectivity index (χ3n) is 9.99. The summed E-state index contributed by atoms with van der Waals surface area (Å²) < 4.78 is 6.04. The molecule has 1 saturated carbocycles. The van der Waals surface area contributed by atoms with Gasteiger partial charge >= 0.3 is 0 Å². The number of nitrogens with zero attached hydrogens (tertiary/aromatic N) is 4. The minimum atomic E-state index is -1.22. The molecule has 2 spiro atoms. The van der Waals surface area contributed by atoms with Gasteiger partial charge in [-0.3, -0.25) is 19.5 Å². The Morgan fingerprint density at radius 2 is 1.77 bits per heavy atom. The van der Waals surface area contributed by atoms with E-state index in [4.69, 9.17) is 9.73 Å². The van der Waals surface area contributed by atoms with E-state index in [1.54, 1.807) is 11.1 Å². The lowest BCUT2D eigenvalue weighted by molar-refractivity contribution is -0.127. The Kier molecular flexibility index (Phi) is 8.43. The smallest absolute Gasteiger partial charge is 0.270 e. The van der Waals surface area contributed by atoms with Crippen LogP contribution >= 0.6 is 0 Å². The second kappa shape index (κ2) is 12.0. The molecule has 2 amide bonds. The molecule has 44 heavy (non-hydrogen) atoms. The van der Waals surface area contributed by atoms with Crippen LogP contribution in [0.15, 0.2) is 47.6 Å². The van der Waals surface area contributed by atoms with Crippen molar-refractivity contribution < 1.29 is 14.3 Å². The summed E-state index contributed by atoms with van der Waals surface area (Å²) in [6.45, 7) is 12.6. The number of carbonyl (C=O) groups excluding carboxylic acids is 2. The molecular formula is C36H48N4O3Si. The third kappa shape index (κ3) is 5.71. The summed E-state index contributed by atoms with van der Waals surface area (Å²) in [5, 5.41) is 0. The first kappa shape index (κ1) is 30.9. The van der Waals surface area contributed by atoms with Crippen LogP contribution in [0.1, 0.15) is 74.6 Å². The van der Waals surface area contributed by atoms with Crippen molar-refractivity contribution in [1.82, 2.24) is 9.88 Å². The Balaban J connectivity index is 1.17. The van der Waals surface area contributed by atoms with Gasteiger partial charge in [0.1, 0.15) is 23.9 Å². The zero-order valence-corrected chi connectivity index (χ0v) is 28.2. The van der Waals surface area contributed by atoms with Gasteiger partial charge in [0.25, 0.3) is 5.91 Å². The number of rotatable bonds is 9. The molecule has 2 aromatic rings. The fourth-order valence-electron chi connectivity index (χ4n) is 7.51. The van der Waals surface area contributed by atoms with Gasteiger partial charge in [-0.1, -0.05) is 82.7 Å². The van der Waals surface area contributed by atoms with Gasteiger partial charge < -0.3 is 9.64 Å². The van der Waals surface area contributed by atoms with E-state index < -0.39 is 13.5 Å². The molecule has 7 nitrogen and oxygen atoms in total.